The minimum atomic E-state index is -1.13. The largest absolute Gasteiger partial charge is 0.449 e. The Morgan fingerprint density at radius 2 is 1.69 bits per heavy atom. The molecule has 0 saturated carbocycles. The topological polar surface area (TPSA) is 102 Å². The predicted octanol–water partition coefficient (Wildman–Crippen LogP) is 2.64. The van der Waals surface area contributed by atoms with Gasteiger partial charge in [-0.15, -0.1) is 0 Å². The van der Waals surface area contributed by atoms with Gasteiger partial charge in [0.05, 0.1) is 17.9 Å². The van der Waals surface area contributed by atoms with Gasteiger partial charge in [-0.2, -0.15) is 5.10 Å². The number of carbonyl (C=O) groups excluding carboxylic acids is 3. The van der Waals surface area contributed by atoms with Gasteiger partial charge in [-0.3, -0.25) is 14.8 Å². The van der Waals surface area contributed by atoms with Crippen molar-refractivity contribution in [2.24, 2.45) is 0 Å². The van der Waals surface area contributed by atoms with Crippen LogP contribution in [-0.2, 0) is 16.1 Å². The standard InChI is InChI=1S/C21H28N4O4/c1-12(2)22-21(28)23-19(26)16(6)29-20(27)18-14(4)24-25(15(18)5)11-17-9-7-13(3)8-10-17/h7-10,12,16H,11H2,1-6H3,(H2,22,23,26,28)/t16-/m1/s1. The number of esters is 1. The first-order chi connectivity index (χ1) is 13.6. The number of urea groups is 1. The summed E-state index contributed by atoms with van der Waals surface area (Å²) in [6.07, 6.45) is -1.13. The fourth-order valence-corrected chi connectivity index (χ4v) is 2.80. The maximum absolute atomic E-state index is 12.6. The van der Waals surface area contributed by atoms with E-state index in [0.29, 0.717) is 23.5 Å². The van der Waals surface area contributed by atoms with Crippen LogP contribution in [0.4, 0.5) is 4.79 Å². The highest BCUT2D eigenvalue weighted by Crippen LogP contribution is 2.17. The van der Waals surface area contributed by atoms with Gasteiger partial charge in [0.25, 0.3) is 5.91 Å². The molecule has 0 bridgehead atoms. The lowest BCUT2D eigenvalue weighted by atomic mass is 10.1. The maximum atomic E-state index is 12.6. The highest BCUT2D eigenvalue weighted by Gasteiger charge is 2.25. The van der Waals surface area contributed by atoms with Gasteiger partial charge in [-0.1, -0.05) is 29.8 Å². The third-order valence-electron chi connectivity index (χ3n) is 4.35. The number of amides is 3. The van der Waals surface area contributed by atoms with Crippen molar-refractivity contribution in [1.82, 2.24) is 20.4 Å². The molecule has 3 amide bonds. The average molecular weight is 400 g/mol. The van der Waals surface area contributed by atoms with Crippen molar-refractivity contribution >= 4 is 17.9 Å². The zero-order chi connectivity index (χ0) is 21.7. The summed E-state index contributed by atoms with van der Waals surface area (Å²) >= 11 is 0. The summed E-state index contributed by atoms with van der Waals surface area (Å²) in [7, 11) is 0. The number of benzene rings is 1. The molecule has 2 aromatic rings. The van der Waals surface area contributed by atoms with Crippen molar-refractivity contribution in [1.29, 1.82) is 0 Å². The minimum Gasteiger partial charge on any atom is -0.449 e. The van der Waals surface area contributed by atoms with Gasteiger partial charge < -0.3 is 10.1 Å². The van der Waals surface area contributed by atoms with E-state index in [1.807, 2.05) is 31.2 Å². The molecule has 0 aliphatic heterocycles. The summed E-state index contributed by atoms with van der Waals surface area (Å²) in [6.45, 7) is 11.0. The van der Waals surface area contributed by atoms with E-state index in [2.05, 4.69) is 15.7 Å². The molecule has 1 heterocycles. The van der Waals surface area contributed by atoms with E-state index in [9.17, 15) is 14.4 Å². The van der Waals surface area contributed by atoms with Gasteiger partial charge in [0.1, 0.15) is 5.56 Å². The Kier molecular flexibility index (Phi) is 7.14. The zero-order valence-corrected chi connectivity index (χ0v) is 17.7. The number of aryl methyl sites for hydroxylation is 2. The molecule has 8 heteroatoms. The van der Waals surface area contributed by atoms with Crippen molar-refractivity contribution in [2.75, 3.05) is 0 Å². The normalized spacial score (nSPS) is 11.8. The van der Waals surface area contributed by atoms with Crippen LogP contribution < -0.4 is 10.6 Å². The number of aromatic nitrogens is 2. The number of nitrogens with one attached hydrogen (secondary N) is 2. The Morgan fingerprint density at radius 3 is 2.28 bits per heavy atom. The van der Waals surface area contributed by atoms with Crippen LogP contribution in [0.2, 0.25) is 0 Å². The summed E-state index contributed by atoms with van der Waals surface area (Å²) in [4.78, 5) is 36.3. The Hall–Kier alpha value is -3.16. The minimum absolute atomic E-state index is 0.120. The quantitative estimate of drug-likeness (QED) is 0.726. The van der Waals surface area contributed by atoms with Crippen LogP contribution in [0.5, 0.6) is 0 Å². The number of ether oxygens (including phenoxy) is 1. The molecular weight excluding hydrogens is 372 g/mol. The molecule has 0 unspecified atom stereocenters. The highest BCUT2D eigenvalue weighted by molar-refractivity contribution is 5.99. The molecule has 2 rings (SSSR count). The molecule has 0 aliphatic rings. The van der Waals surface area contributed by atoms with E-state index in [1.165, 1.54) is 12.5 Å². The van der Waals surface area contributed by atoms with E-state index in [1.54, 1.807) is 32.4 Å². The zero-order valence-electron chi connectivity index (χ0n) is 17.7. The van der Waals surface area contributed by atoms with E-state index in [4.69, 9.17) is 4.74 Å². The molecule has 0 fully saturated rings. The smallest absolute Gasteiger partial charge is 0.342 e. The van der Waals surface area contributed by atoms with Crippen LogP contribution in [0.1, 0.15) is 53.6 Å². The summed E-state index contributed by atoms with van der Waals surface area (Å²) < 4.78 is 6.99. The number of rotatable bonds is 6. The number of carbonyl (C=O) groups is 3. The lowest BCUT2D eigenvalue weighted by molar-refractivity contribution is -0.127. The molecule has 2 N–H and O–H groups in total. The number of imide groups is 1. The van der Waals surface area contributed by atoms with Gasteiger partial charge in [0.15, 0.2) is 6.10 Å². The molecule has 156 valence electrons. The first kappa shape index (κ1) is 22.1. The highest BCUT2D eigenvalue weighted by atomic mass is 16.5. The molecule has 1 atom stereocenters. The van der Waals surface area contributed by atoms with Crippen molar-refractivity contribution in [2.45, 2.75) is 60.2 Å². The molecule has 0 saturated heterocycles. The first-order valence-electron chi connectivity index (χ1n) is 9.50. The average Bonchev–Trinajstić information content (AvgIpc) is 2.89. The second-order valence-corrected chi connectivity index (χ2v) is 7.35. The van der Waals surface area contributed by atoms with Gasteiger partial charge in [0.2, 0.25) is 0 Å². The van der Waals surface area contributed by atoms with Crippen molar-refractivity contribution in [3.63, 3.8) is 0 Å². The lowest BCUT2D eigenvalue weighted by Crippen LogP contribution is -2.46. The van der Waals surface area contributed by atoms with Crippen LogP contribution in [0.15, 0.2) is 24.3 Å². The lowest BCUT2D eigenvalue weighted by Gasteiger charge is -2.14. The van der Waals surface area contributed by atoms with Gasteiger partial charge in [0, 0.05) is 6.04 Å². The monoisotopic (exact) mass is 400 g/mol. The second kappa shape index (κ2) is 9.36. The van der Waals surface area contributed by atoms with E-state index in [-0.39, 0.29) is 6.04 Å². The summed E-state index contributed by atoms with van der Waals surface area (Å²) in [5.41, 5.74) is 3.72. The summed E-state index contributed by atoms with van der Waals surface area (Å²) in [6, 6.07) is 7.31. The molecule has 1 aromatic heterocycles. The van der Waals surface area contributed by atoms with Crippen LogP contribution in [-0.4, -0.2) is 39.8 Å². The Balaban J connectivity index is 2.06. The number of hydrogen-bond donors (Lipinski definition) is 2. The molecular formula is C21H28N4O4. The Morgan fingerprint density at radius 1 is 1.07 bits per heavy atom. The first-order valence-corrected chi connectivity index (χ1v) is 9.50. The molecule has 0 radical (unpaired) electrons. The molecule has 0 spiro atoms. The van der Waals surface area contributed by atoms with E-state index < -0.39 is 24.0 Å². The van der Waals surface area contributed by atoms with Crippen LogP contribution in [0, 0.1) is 20.8 Å². The SMILES string of the molecule is Cc1ccc(Cn2nc(C)c(C(=O)O[C@H](C)C(=O)NC(=O)NC(C)C)c2C)cc1. The molecule has 29 heavy (non-hydrogen) atoms. The van der Waals surface area contributed by atoms with Crippen LogP contribution in [0.25, 0.3) is 0 Å². The Labute approximate surface area is 170 Å². The van der Waals surface area contributed by atoms with Gasteiger partial charge in [-0.25, -0.2) is 9.59 Å². The fraction of sp³-hybridized carbons (Fsp3) is 0.429. The number of hydrogen-bond acceptors (Lipinski definition) is 5. The van der Waals surface area contributed by atoms with Gasteiger partial charge in [-0.05, 0) is 47.1 Å². The van der Waals surface area contributed by atoms with Crippen molar-refractivity contribution in [3.8, 4) is 0 Å². The van der Waals surface area contributed by atoms with Crippen molar-refractivity contribution < 1.29 is 19.1 Å². The second-order valence-electron chi connectivity index (χ2n) is 7.35. The van der Waals surface area contributed by atoms with Crippen LogP contribution >= 0.6 is 0 Å². The predicted molar refractivity (Wildman–Crippen MR) is 109 cm³/mol. The third-order valence-corrected chi connectivity index (χ3v) is 4.35. The molecule has 1 aromatic carbocycles. The summed E-state index contributed by atoms with van der Waals surface area (Å²) in [5, 5.41) is 9.12. The molecule has 8 nitrogen and oxygen atoms in total. The van der Waals surface area contributed by atoms with Gasteiger partial charge >= 0.3 is 12.0 Å². The summed E-state index contributed by atoms with van der Waals surface area (Å²) in [5.74, 6) is -1.35. The third kappa shape index (κ3) is 5.91. The Bertz CT molecular complexity index is 900. The van der Waals surface area contributed by atoms with E-state index >= 15 is 0 Å². The fourth-order valence-electron chi connectivity index (χ4n) is 2.80. The molecule has 0 aliphatic carbocycles. The maximum Gasteiger partial charge on any atom is 0.342 e. The van der Waals surface area contributed by atoms with E-state index in [0.717, 1.165) is 5.56 Å². The number of nitrogens with zero attached hydrogens (tertiary/aromatic N) is 2. The van der Waals surface area contributed by atoms with Crippen LogP contribution in [0.3, 0.4) is 0 Å². The van der Waals surface area contributed by atoms with Crippen molar-refractivity contribution in [3.05, 3.63) is 52.3 Å².